The molecule has 15 heteroatoms. The van der Waals surface area contributed by atoms with E-state index in [0.717, 1.165) is 16.0 Å². The molecule has 4 rings (SSSR count). The number of aromatic nitrogens is 1. The van der Waals surface area contributed by atoms with Crippen LogP contribution >= 0.6 is 0 Å². The van der Waals surface area contributed by atoms with Gasteiger partial charge >= 0.3 is 6.18 Å². The first-order valence-electron chi connectivity index (χ1n) is 14.9. The van der Waals surface area contributed by atoms with E-state index < -0.39 is 66.7 Å². The smallest absolute Gasteiger partial charge is 0.359 e. The number of nitrogens with zero attached hydrogens (tertiary/aromatic N) is 2. The van der Waals surface area contributed by atoms with Gasteiger partial charge in [-0.2, -0.15) is 13.2 Å². The maximum atomic E-state index is 13.7. The summed E-state index contributed by atoms with van der Waals surface area (Å²) in [4.78, 5) is 67.1. The molecular formula is C32H35F3N6O6. The van der Waals surface area contributed by atoms with Crippen LogP contribution in [-0.4, -0.2) is 77.0 Å². The van der Waals surface area contributed by atoms with Gasteiger partial charge in [0, 0.05) is 38.4 Å². The lowest BCUT2D eigenvalue weighted by Gasteiger charge is -2.26. The number of nitrogens with one attached hydrogen (secondary N) is 4. The minimum absolute atomic E-state index is 0.00259. The fourth-order valence-electron chi connectivity index (χ4n) is 4.84. The number of carbonyl (C=O) groups is 5. The summed E-state index contributed by atoms with van der Waals surface area (Å²) in [5, 5.41) is 14.2. The van der Waals surface area contributed by atoms with E-state index in [2.05, 4.69) is 26.4 Å². The number of alkyl halides is 3. The number of amides is 5. The predicted molar refractivity (Wildman–Crippen MR) is 161 cm³/mol. The monoisotopic (exact) mass is 656 g/mol. The summed E-state index contributed by atoms with van der Waals surface area (Å²) in [5.74, 6) is -3.63. The summed E-state index contributed by atoms with van der Waals surface area (Å²) < 4.78 is 43.8. The van der Waals surface area contributed by atoms with Crippen LogP contribution in [0.3, 0.4) is 0 Å². The Kier molecular flexibility index (Phi) is 11.7. The molecule has 0 unspecified atom stereocenters. The first-order valence-corrected chi connectivity index (χ1v) is 14.9. The number of benzene rings is 2. The summed E-state index contributed by atoms with van der Waals surface area (Å²) >= 11 is 0. The van der Waals surface area contributed by atoms with Crippen molar-refractivity contribution in [3.8, 4) is 0 Å². The fraction of sp³-hybridized carbons (Fsp3) is 0.375. The highest BCUT2D eigenvalue weighted by Crippen LogP contribution is 2.22. The first-order chi connectivity index (χ1) is 22.4. The summed E-state index contributed by atoms with van der Waals surface area (Å²) in [6, 6.07) is 15.5. The molecule has 4 N–H and O–H groups in total. The number of hydrogen-bond acceptors (Lipinski definition) is 7. The Bertz CT molecular complexity index is 1550. The molecule has 3 aromatic rings. The molecule has 1 aliphatic heterocycles. The molecule has 47 heavy (non-hydrogen) atoms. The molecule has 1 aliphatic rings. The van der Waals surface area contributed by atoms with Crippen molar-refractivity contribution in [3.05, 3.63) is 89.3 Å². The van der Waals surface area contributed by atoms with E-state index in [0.29, 0.717) is 0 Å². The maximum absolute atomic E-state index is 13.7. The third kappa shape index (κ3) is 10.7. The van der Waals surface area contributed by atoms with Crippen molar-refractivity contribution in [1.29, 1.82) is 0 Å². The molecule has 12 nitrogen and oxygen atoms in total. The second kappa shape index (κ2) is 15.9. The van der Waals surface area contributed by atoms with E-state index in [9.17, 15) is 37.1 Å². The Hall–Kier alpha value is -5.21. The van der Waals surface area contributed by atoms with Gasteiger partial charge < -0.3 is 30.7 Å². The molecule has 3 atom stereocenters. The molecule has 0 fully saturated rings. The molecule has 2 heterocycles. The Morgan fingerprint density at radius 1 is 0.872 bits per heavy atom. The van der Waals surface area contributed by atoms with E-state index in [1.54, 1.807) is 60.7 Å². The molecule has 0 aliphatic carbocycles. The van der Waals surface area contributed by atoms with Gasteiger partial charge in [-0.05, 0) is 18.1 Å². The van der Waals surface area contributed by atoms with Crippen molar-refractivity contribution >= 4 is 29.5 Å². The van der Waals surface area contributed by atoms with Crippen LogP contribution in [0.15, 0.2) is 71.3 Å². The van der Waals surface area contributed by atoms with E-state index in [-0.39, 0.29) is 43.9 Å². The van der Waals surface area contributed by atoms with Crippen LogP contribution in [0.1, 0.15) is 47.1 Å². The molecule has 250 valence electrons. The lowest BCUT2D eigenvalue weighted by atomic mass is 10.0. The number of carbonyl (C=O) groups excluding carboxylic acids is 5. The summed E-state index contributed by atoms with van der Waals surface area (Å²) in [7, 11) is 0. The van der Waals surface area contributed by atoms with Gasteiger partial charge in [-0.25, -0.2) is 0 Å². The lowest BCUT2D eigenvalue weighted by Crippen LogP contribution is -2.57. The summed E-state index contributed by atoms with van der Waals surface area (Å²) in [6.45, 7) is 0.673. The van der Waals surface area contributed by atoms with Crippen LogP contribution in [0.2, 0.25) is 0 Å². The summed E-state index contributed by atoms with van der Waals surface area (Å²) in [5.41, 5.74) is 1.21. The Morgan fingerprint density at radius 3 is 2.04 bits per heavy atom. The largest absolute Gasteiger partial charge is 0.389 e. The molecule has 5 amide bonds. The number of halogens is 3. The second-order valence-corrected chi connectivity index (χ2v) is 11.1. The van der Waals surface area contributed by atoms with Crippen molar-refractivity contribution in [1.82, 2.24) is 31.3 Å². The molecule has 2 aromatic carbocycles. The average Bonchev–Trinajstić information content (AvgIpc) is 3.51. The molecule has 0 saturated heterocycles. The third-order valence-corrected chi connectivity index (χ3v) is 7.37. The van der Waals surface area contributed by atoms with Gasteiger partial charge in [0.25, 0.3) is 5.91 Å². The highest BCUT2D eigenvalue weighted by molar-refractivity contribution is 5.97. The van der Waals surface area contributed by atoms with E-state index >= 15 is 0 Å². The normalized spacial score (nSPS) is 20.3. The molecule has 1 aromatic heterocycles. The topological polar surface area (TPSA) is 163 Å². The Morgan fingerprint density at radius 2 is 1.45 bits per heavy atom. The zero-order valence-electron chi connectivity index (χ0n) is 25.5. The van der Waals surface area contributed by atoms with Crippen LogP contribution in [-0.2, 0) is 38.6 Å². The van der Waals surface area contributed by atoms with Gasteiger partial charge in [0.05, 0.1) is 13.0 Å². The molecular weight excluding hydrogens is 621 g/mol. The van der Waals surface area contributed by atoms with Gasteiger partial charge in [-0.3, -0.25) is 24.0 Å². The maximum Gasteiger partial charge on any atom is 0.389 e. The highest BCUT2D eigenvalue weighted by Gasteiger charge is 2.32. The number of rotatable bonds is 6. The van der Waals surface area contributed by atoms with Gasteiger partial charge in [-0.1, -0.05) is 65.8 Å². The van der Waals surface area contributed by atoms with E-state index in [1.807, 2.05) is 0 Å². The predicted octanol–water partition coefficient (Wildman–Crippen LogP) is 2.05. The fourth-order valence-corrected chi connectivity index (χ4v) is 4.84. The highest BCUT2D eigenvalue weighted by atomic mass is 19.4. The van der Waals surface area contributed by atoms with Crippen LogP contribution in [0.25, 0.3) is 0 Å². The van der Waals surface area contributed by atoms with Crippen LogP contribution in [0.4, 0.5) is 13.2 Å². The zero-order valence-corrected chi connectivity index (χ0v) is 25.5. The average molecular weight is 657 g/mol. The molecule has 2 bridgehead atoms. The van der Waals surface area contributed by atoms with Crippen LogP contribution < -0.4 is 21.3 Å². The van der Waals surface area contributed by atoms with Gasteiger partial charge in [-0.15, -0.1) is 0 Å². The third-order valence-electron chi connectivity index (χ3n) is 7.37. The Balaban J connectivity index is 1.63. The van der Waals surface area contributed by atoms with E-state index in [1.165, 1.54) is 13.0 Å². The van der Waals surface area contributed by atoms with Crippen LogP contribution in [0.5, 0.6) is 0 Å². The van der Waals surface area contributed by atoms with Gasteiger partial charge in [0.2, 0.25) is 23.6 Å². The molecule has 0 saturated carbocycles. The van der Waals surface area contributed by atoms with Crippen molar-refractivity contribution in [2.24, 2.45) is 0 Å². The summed E-state index contributed by atoms with van der Waals surface area (Å²) in [6.07, 6.45) is -6.62. The number of hydrogen-bond donors (Lipinski definition) is 4. The minimum Gasteiger partial charge on any atom is -0.359 e. The quantitative estimate of drug-likeness (QED) is 0.316. The molecule has 0 spiro atoms. The van der Waals surface area contributed by atoms with Gasteiger partial charge in [0.1, 0.15) is 18.1 Å². The SMILES string of the molecule is C[C@@H]1NC(=O)c2cc(on2)CN(C(=O)CCC(F)(F)F)CCNC(=O)[C@@H](Cc2ccccc2)NC(=O)[C@H](Cc2ccccc2)NC1=O. The lowest BCUT2D eigenvalue weighted by molar-refractivity contribution is -0.149. The number of fused-ring (bicyclic) bond motifs is 2. The van der Waals surface area contributed by atoms with Crippen molar-refractivity contribution in [3.63, 3.8) is 0 Å². The van der Waals surface area contributed by atoms with Crippen LogP contribution in [0, 0.1) is 0 Å². The second-order valence-electron chi connectivity index (χ2n) is 11.1. The minimum atomic E-state index is -4.57. The van der Waals surface area contributed by atoms with Crippen molar-refractivity contribution in [2.45, 2.75) is 63.5 Å². The van der Waals surface area contributed by atoms with Crippen molar-refractivity contribution in [2.75, 3.05) is 13.1 Å². The zero-order chi connectivity index (χ0) is 34.0. The standard InChI is InChI=1S/C32H35F3N6O6/c1-20-28(43)38-25(17-22-10-6-3-7-11-22)30(45)39-24(16-21-8-4-2-5-9-21)29(44)36-14-15-41(27(42)12-13-32(33,34)35)19-23-18-26(40-47-23)31(46)37-20/h2-11,18,20,24-25H,12-17,19H2,1H3,(H,36,44)(H,37,46)(H,38,43)(H,39,45)/t20-,24+,25-/m0/s1. The Labute approximate surface area is 268 Å². The molecule has 0 radical (unpaired) electrons. The van der Waals surface area contributed by atoms with Crippen molar-refractivity contribution < 1.29 is 41.7 Å². The van der Waals surface area contributed by atoms with E-state index in [4.69, 9.17) is 4.52 Å². The van der Waals surface area contributed by atoms with Gasteiger partial charge in [0.15, 0.2) is 11.5 Å². The first kappa shape index (κ1) is 34.7.